The quantitative estimate of drug-likeness (QED) is 0.883. The molecule has 4 nitrogen and oxygen atoms in total. The van der Waals surface area contributed by atoms with Gasteiger partial charge in [-0.15, -0.1) is 0 Å². The van der Waals surface area contributed by atoms with E-state index in [9.17, 15) is 9.90 Å². The van der Waals surface area contributed by atoms with E-state index in [1.807, 2.05) is 24.3 Å². The van der Waals surface area contributed by atoms with E-state index in [0.717, 1.165) is 35.9 Å². The number of aliphatic hydroxyl groups is 1. The van der Waals surface area contributed by atoms with Crippen molar-refractivity contribution >= 4 is 21.8 Å². The summed E-state index contributed by atoms with van der Waals surface area (Å²) >= 11 is 3.38. The lowest BCUT2D eigenvalue weighted by molar-refractivity contribution is -0.135. The zero-order valence-corrected chi connectivity index (χ0v) is 13.9. The highest BCUT2D eigenvalue weighted by Crippen LogP contribution is 2.23. The van der Waals surface area contributed by atoms with Crippen molar-refractivity contribution in [1.29, 1.82) is 0 Å². The Morgan fingerprint density at radius 3 is 2.90 bits per heavy atom. The molecule has 116 valence electrons. The summed E-state index contributed by atoms with van der Waals surface area (Å²) in [6, 6.07) is 7.52. The topological polar surface area (TPSA) is 49.8 Å². The summed E-state index contributed by atoms with van der Waals surface area (Å²) in [5, 5.41) is 9.99. The van der Waals surface area contributed by atoms with E-state index < -0.39 is 6.10 Å². The maximum absolute atomic E-state index is 12.2. The number of halogens is 1. The minimum Gasteiger partial charge on any atom is -0.493 e. The molecule has 0 aromatic heterocycles. The highest BCUT2D eigenvalue weighted by molar-refractivity contribution is 9.10. The molecule has 2 atom stereocenters. The minimum atomic E-state index is -0.390. The second kappa shape index (κ2) is 7.80. The van der Waals surface area contributed by atoms with Gasteiger partial charge >= 0.3 is 0 Å². The third kappa shape index (κ3) is 4.71. The Morgan fingerprint density at radius 2 is 2.19 bits per heavy atom. The van der Waals surface area contributed by atoms with Gasteiger partial charge in [-0.1, -0.05) is 34.8 Å². The zero-order valence-electron chi connectivity index (χ0n) is 12.3. The second-order valence-corrected chi connectivity index (χ2v) is 6.40. The molecule has 0 aliphatic heterocycles. The molecule has 1 amide bonds. The largest absolute Gasteiger partial charge is 0.493 e. The number of amides is 1. The number of carbonyl (C=O) groups is 1. The fourth-order valence-electron chi connectivity index (χ4n) is 2.72. The van der Waals surface area contributed by atoms with Crippen molar-refractivity contribution in [2.24, 2.45) is 0 Å². The van der Waals surface area contributed by atoms with Crippen LogP contribution in [-0.2, 0) is 4.79 Å². The molecule has 5 heteroatoms. The number of benzene rings is 1. The molecule has 0 spiro atoms. The highest BCUT2D eigenvalue weighted by atomic mass is 79.9. The lowest BCUT2D eigenvalue weighted by Crippen LogP contribution is -2.46. The van der Waals surface area contributed by atoms with Crippen LogP contribution in [0.15, 0.2) is 28.7 Å². The molecule has 1 N–H and O–H groups in total. The molecule has 1 aliphatic carbocycles. The van der Waals surface area contributed by atoms with Gasteiger partial charge in [0.25, 0.3) is 0 Å². The summed E-state index contributed by atoms with van der Waals surface area (Å²) in [6.45, 7) is 0.350. The molecule has 0 radical (unpaired) electrons. The van der Waals surface area contributed by atoms with Crippen molar-refractivity contribution in [3.8, 4) is 5.75 Å². The van der Waals surface area contributed by atoms with Crippen molar-refractivity contribution in [2.45, 2.75) is 44.2 Å². The Morgan fingerprint density at radius 1 is 1.43 bits per heavy atom. The molecule has 1 aromatic rings. The smallest absolute Gasteiger partial charge is 0.226 e. The van der Waals surface area contributed by atoms with Crippen LogP contribution in [0.25, 0.3) is 0 Å². The lowest BCUT2D eigenvalue weighted by Gasteiger charge is -2.35. The summed E-state index contributed by atoms with van der Waals surface area (Å²) in [5.74, 6) is 0.772. The van der Waals surface area contributed by atoms with Gasteiger partial charge in [-0.05, 0) is 31.0 Å². The van der Waals surface area contributed by atoms with E-state index in [-0.39, 0.29) is 11.9 Å². The Hall–Kier alpha value is -1.07. The first kappa shape index (κ1) is 16.3. The number of nitrogens with zero attached hydrogens (tertiary/aromatic N) is 1. The maximum atomic E-state index is 12.2. The number of rotatable bonds is 5. The zero-order chi connectivity index (χ0) is 15.2. The number of ether oxygens (including phenoxy) is 1. The molecule has 0 saturated heterocycles. The van der Waals surface area contributed by atoms with Gasteiger partial charge in [0, 0.05) is 11.5 Å². The van der Waals surface area contributed by atoms with Crippen molar-refractivity contribution < 1.29 is 14.6 Å². The molecule has 1 fully saturated rings. The van der Waals surface area contributed by atoms with E-state index in [2.05, 4.69) is 15.9 Å². The van der Waals surface area contributed by atoms with Crippen LogP contribution < -0.4 is 4.74 Å². The molecule has 21 heavy (non-hydrogen) atoms. The monoisotopic (exact) mass is 355 g/mol. The summed E-state index contributed by atoms with van der Waals surface area (Å²) in [7, 11) is 1.78. The van der Waals surface area contributed by atoms with Crippen LogP contribution >= 0.6 is 15.9 Å². The van der Waals surface area contributed by atoms with Crippen LogP contribution in [0.1, 0.15) is 32.1 Å². The summed E-state index contributed by atoms with van der Waals surface area (Å²) in [4.78, 5) is 13.9. The molecule has 0 bridgehead atoms. The molecular weight excluding hydrogens is 334 g/mol. The molecule has 2 unspecified atom stereocenters. The van der Waals surface area contributed by atoms with Gasteiger partial charge in [0.2, 0.25) is 5.91 Å². The van der Waals surface area contributed by atoms with Crippen molar-refractivity contribution in [2.75, 3.05) is 13.7 Å². The minimum absolute atomic E-state index is 0.0240. The average Bonchev–Trinajstić information content (AvgIpc) is 2.47. The van der Waals surface area contributed by atoms with Gasteiger partial charge < -0.3 is 14.7 Å². The lowest BCUT2D eigenvalue weighted by atomic mass is 9.91. The molecule has 1 aliphatic rings. The molecule has 2 rings (SSSR count). The van der Waals surface area contributed by atoms with Crippen molar-refractivity contribution in [1.82, 2.24) is 4.90 Å². The van der Waals surface area contributed by atoms with Gasteiger partial charge in [0.1, 0.15) is 5.75 Å². The SMILES string of the molecule is CN(C(=O)CCOc1cccc(Br)c1)C1CCCCC1O. The first-order valence-electron chi connectivity index (χ1n) is 7.40. The van der Waals surface area contributed by atoms with Gasteiger partial charge in [0.15, 0.2) is 0 Å². The normalized spacial score (nSPS) is 21.9. The first-order valence-corrected chi connectivity index (χ1v) is 8.19. The fourth-order valence-corrected chi connectivity index (χ4v) is 3.10. The standard InChI is InChI=1S/C16H22BrNO3/c1-18(14-7-2-3-8-15(14)19)16(20)9-10-21-13-6-4-5-12(17)11-13/h4-6,11,14-15,19H,2-3,7-10H2,1H3. The van der Waals surface area contributed by atoms with Gasteiger partial charge in [-0.3, -0.25) is 4.79 Å². The van der Waals surface area contributed by atoms with Crippen molar-refractivity contribution in [3.05, 3.63) is 28.7 Å². The molecule has 1 aromatic carbocycles. The predicted octanol–water partition coefficient (Wildman–Crippen LogP) is 2.98. The van der Waals surface area contributed by atoms with Crippen LogP contribution in [0.4, 0.5) is 0 Å². The Balaban J connectivity index is 1.78. The van der Waals surface area contributed by atoms with E-state index >= 15 is 0 Å². The summed E-state index contributed by atoms with van der Waals surface area (Å²) in [6.07, 6.45) is 3.73. The Labute approximate surface area is 134 Å². The number of aliphatic hydroxyl groups excluding tert-OH is 1. The van der Waals surface area contributed by atoms with Crippen LogP contribution in [0.2, 0.25) is 0 Å². The number of carbonyl (C=O) groups excluding carboxylic acids is 1. The Bertz CT molecular complexity index is 480. The average molecular weight is 356 g/mol. The molecular formula is C16H22BrNO3. The van der Waals surface area contributed by atoms with Crippen LogP contribution in [-0.4, -0.2) is 41.7 Å². The van der Waals surface area contributed by atoms with E-state index in [1.54, 1.807) is 11.9 Å². The predicted molar refractivity (Wildman–Crippen MR) is 85.3 cm³/mol. The number of hydrogen-bond acceptors (Lipinski definition) is 3. The number of hydrogen-bond donors (Lipinski definition) is 1. The Kier molecular flexibility index (Phi) is 6.06. The van der Waals surface area contributed by atoms with Crippen molar-refractivity contribution in [3.63, 3.8) is 0 Å². The van der Waals surface area contributed by atoms with E-state index in [4.69, 9.17) is 4.74 Å². The summed E-state index contributed by atoms with van der Waals surface area (Å²) in [5.41, 5.74) is 0. The van der Waals surface area contributed by atoms with Gasteiger partial charge in [0.05, 0.1) is 25.2 Å². The van der Waals surface area contributed by atoms with Crippen LogP contribution in [0, 0.1) is 0 Å². The summed E-state index contributed by atoms with van der Waals surface area (Å²) < 4.78 is 6.53. The molecule has 1 saturated carbocycles. The van der Waals surface area contributed by atoms with Crippen LogP contribution in [0.5, 0.6) is 5.75 Å². The van der Waals surface area contributed by atoms with Gasteiger partial charge in [-0.2, -0.15) is 0 Å². The van der Waals surface area contributed by atoms with E-state index in [1.165, 1.54) is 0 Å². The number of likely N-dealkylation sites (N-methyl/N-ethyl adjacent to an activating group) is 1. The molecule has 0 heterocycles. The van der Waals surface area contributed by atoms with Gasteiger partial charge in [-0.25, -0.2) is 0 Å². The van der Waals surface area contributed by atoms with E-state index in [0.29, 0.717) is 13.0 Å². The van der Waals surface area contributed by atoms with Crippen LogP contribution in [0.3, 0.4) is 0 Å². The second-order valence-electron chi connectivity index (χ2n) is 5.48. The fraction of sp³-hybridized carbons (Fsp3) is 0.562. The first-order chi connectivity index (χ1) is 10.1. The maximum Gasteiger partial charge on any atom is 0.226 e. The highest BCUT2D eigenvalue weighted by Gasteiger charge is 2.29. The third-order valence-electron chi connectivity index (χ3n) is 3.97. The third-order valence-corrected chi connectivity index (χ3v) is 4.46.